The van der Waals surface area contributed by atoms with E-state index in [4.69, 9.17) is 0 Å². The van der Waals surface area contributed by atoms with Crippen LogP contribution in [0.4, 0.5) is 0 Å². The van der Waals surface area contributed by atoms with Gasteiger partial charge >= 0.3 is 0 Å². The Hall–Kier alpha value is -2.17. The highest BCUT2D eigenvalue weighted by Gasteiger charge is 2.47. The normalized spacial score (nSPS) is 28.1. The molecule has 3 heterocycles. The van der Waals surface area contributed by atoms with Crippen molar-refractivity contribution in [3.05, 3.63) is 35.4 Å². The zero-order valence-electron chi connectivity index (χ0n) is 15.3. The van der Waals surface area contributed by atoms with Crippen LogP contribution >= 0.6 is 0 Å². The molecule has 4 rings (SSSR count). The lowest BCUT2D eigenvalue weighted by molar-refractivity contribution is -0.142. The van der Waals surface area contributed by atoms with Crippen LogP contribution in [0.5, 0.6) is 0 Å². The van der Waals surface area contributed by atoms with Gasteiger partial charge in [-0.1, -0.05) is 25.5 Å². The molecule has 2 unspecified atom stereocenters. The highest BCUT2D eigenvalue weighted by atomic mass is 16.2. The maximum Gasteiger partial charge on any atom is 0.254 e. The minimum absolute atomic E-state index is 0.0222. The smallest absolute Gasteiger partial charge is 0.254 e. The monoisotopic (exact) mass is 354 g/mol. The minimum Gasteiger partial charge on any atom is -0.333 e. The van der Waals surface area contributed by atoms with Gasteiger partial charge in [0.05, 0.1) is 0 Å². The van der Waals surface area contributed by atoms with Gasteiger partial charge in [-0.05, 0) is 49.8 Å². The van der Waals surface area contributed by atoms with Crippen LogP contribution in [0.15, 0.2) is 24.3 Å². The van der Waals surface area contributed by atoms with Gasteiger partial charge < -0.3 is 4.90 Å². The van der Waals surface area contributed by atoms with E-state index >= 15 is 0 Å². The molecule has 1 aromatic carbocycles. The number of hydrogen-bond acceptors (Lipinski definition) is 3. The lowest BCUT2D eigenvalue weighted by Crippen LogP contribution is -2.53. The molecule has 3 aliphatic rings. The Kier molecular flexibility index (Phi) is 4.55. The van der Waals surface area contributed by atoms with Crippen LogP contribution in [0.1, 0.15) is 67.8 Å². The molecule has 1 aromatic rings. The Labute approximate surface area is 154 Å². The van der Waals surface area contributed by atoms with Gasteiger partial charge in [-0.25, -0.2) is 0 Å². The van der Waals surface area contributed by atoms with Gasteiger partial charge in [0.25, 0.3) is 5.91 Å². The molecule has 26 heavy (non-hydrogen) atoms. The second kappa shape index (κ2) is 6.86. The Morgan fingerprint density at radius 3 is 2.08 bits per heavy atom. The van der Waals surface area contributed by atoms with E-state index in [-0.39, 0.29) is 35.8 Å². The Morgan fingerprint density at radius 1 is 0.962 bits per heavy atom. The minimum atomic E-state index is -0.0364. The van der Waals surface area contributed by atoms with E-state index in [1.807, 2.05) is 29.2 Å². The van der Waals surface area contributed by atoms with E-state index in [1.54, 1.807) is 0 Å². The number of likely N-dealkylation sites (tertiary alicyclic amines) is 1. The van der Waals surface area contributed by atoms with Crippen molar-refractivity contribution in [1.29, 1.82) is 0 Å². The topological polar surface area (TPSA) is 57.7 Å². The molecule has 5 nitrogen and oxygen atoms in total. The summed E-state index contributed by atoms with van der Waals surface area (Å²) in [6.45, 7) is 2.15. The molecule has 3 fully saturated rings. The molecular weight excluding hydrogens is 328 g/mol. The highest BCUT2D eigenvalue weighted by molar-refractivity contribution is 6.02. The Morgan fingerprint density at radius 2 is 1.54 bits per heavy atom. The quantitative estimate of drug-likeness (QED) is 0.781. The van der Waals surface area contributed by atoms with Gasteiger partial charge in [0.2, 0.25) is 11.8 Å². The highest BCUT2D eigenvalue weighted by Crippen LogP contribution is 2.39. The number of imide groups is 1. The second-order valence-electron chi connectivity index (χ2n) is 7.83. The number of fused-ring (bicyclic) bond motifs is 2. The number of amides is 3. The molecule has 0 saturated carbocycles. The SMILES string of the molecule is CCCc1ccc(C(=O)N2C3CCC2CC(N2C(=O)CCC2=O)C3)cc1. The zero-order chi connectivity index (χ0) is 18.3. The molecule has 0 aliphatic carbocycles. The summed E-state index contributed by atoms with van der Waals surface area (Å²) in [7, 11) is 0. The fraction of sp³-hybridized carbons (Fsp3) is 0.571. The average molecular weight is 354 g/mol. The van der Waals surface area contributed by atoms with E-state index in [9.17, 15) is 14.4 Å². The van der Waals surface area contributed by atoms with Crippen LogP contribution in [0.3, 0.4) is 0 Å². The molecule has 3 aliphatic heterocycles. The van der Waals surface area contributed by atoms with Crippen molar-refractivity contribution in [2.24, 2.45) is 0 Å². The third kappa shape index (κ3) is 2.93. The lowest BCUT2D eigenvalue weighted by Gasteiger charge is -2.41. The lowest BCUT2D eigenvalue weighted by atomic mass is 9.95. The van der Waals surface area contributed by atoms with Crippen molar-refractivity contribution in [2.45, 2.75) is 76.4 Å². The summed E-state index contributed by atoms with van der Waals surface area (Å²) >= 11 is 0. The molecule has 2 bridgehead atoms. The summed E-state index contributed by atoms with van der Waals surface area (Å²) in [6.07, 6.45) is 6.21. The molecule has 5 heteroatoms. The third-order valence-corrected chi connectivity index (χ3v) is 6.14. The van der Waals surface area contributed by atoms with Crippen LogP contribution in [0.2, 0.25) is 0 Å². The first-order valence-corrected chi connectivity index (χ1v) is 9.85. The third-order valence-electron chi connectivity index (χ3n) is 6.14. The van der Waals surface area contributed by atoms with Crippen LogP contribution < -0.4 is 0 Å². The van der Waals surface area contributed by atoms with Crippen LogP contribution in [-0.4, -0.2) is 45.6 Å². The molecule has 2 atom stereocenters. The van der Waals surface area contributed by atoms with Crippen LogP contribution in [0.25, 0.3) is 0 Å². The summed E-state index contributed by atoms with van der Waals surface area (Å²) < 4.78 is 0. The molecule has 3 amide bonds. The van der Waals surface area contributed by atoms with Crippen LogP contribution in [-0.2, 0) is 16.0 Å². The fourth-order valence-electron chi connectivity index (χ4n) is 4.94. The van der Waals surface area contributed by atoms with E-state index in [2.05, 4.69) is 6.92 Å². The van der Waals surface area contributed by atoms with Gasteiger partial charge in [-0.2, -0.15) is 0 Å². The summed E-state index contributed by atoms with van der Waals surface area (Å²) in [5.74, 6) is 0.0226. The van der Waals surface area contributed by atoms with Crippen molar-refractivity contribution in [1.82, 2.24) is 9.80 Å². The molecule has 138 valence electrons. The first kappa shape index (κ1) is 17.3. The molecule has 3 saturated heterocycles. The molecular formula is C21H26N2O3. The average Bonchev–Trinajstić information content (AvgIpc) is 3.11. The molecule has 0 radical (unpaired) electrons. The van der Waals surface area contributed by atoms with Gasteiger partial charge in [0.15, 0.2) is 0 Å². The number of carbonyl (C=O) groups excluding carboxylic acids is 3. The van der Waals surface area contributed by atoms with E-state index in [0.717, 1.165) is 44.1 Å². The van der Waals surface area contributed by atoms with E-state index < -0.39 is 0 Å². The summed E-state index contributed by atoms with van der Waals surface area (Å²) in [5, 5.41) is 0. The van der Waals surface area contributed by atoms with Crippen molar-refractivity contribution in [2.75, 3.05) is 0 Å². The number of piperidine rings is 1. The molecule has 0 spiro atoms. The number of rotatable bonds is 4. The number of benzene rings is 1. The summed E-state index contributed by atoms with van der Waals surface area (Å²) in [4.78, 5) is 40.7. The molecule has 0 aromatic heterocycles. The Balaban J connectivity index is 1.48. The predicted octanol–water partition coefficient (Wildman–Crippen LogP) is 2.92. The fourth-order valence-corrected chi connectivity index (χ4v) is 4.94. The van der Waals surface area contributed by atoms with E-state index in [1.165, 1.54) is 10.5 Å². The van der Waals surface area contributed by atoms with Crippen molar-refractivity contribution in [3.8, 4) is 0 Å². The summed E-state index contributed by atoms with van der Waals surface area (Å²) in [5.41, 5.74) is 2.00. The number of aryl methyl sites for hydroxylation is 1. The van der Waals surface area contributed by atoms with Gasteiger partial charge in [0.1, 0.15) is 0 Å². The number of hydrogen-bond donors (Lipinski definition) is 0. The largest absolute Gasteiger partial charge is 0.333 e. The van der Waals surface area contributed by atoms with Crippen molar-refractivity contribution in [3.63, 3.8) is 0 Å². The van der Waals surface area contributed by atoms with Gasteiger partial charge in [0, 0.05) is 36.5 Å². The summed E-state index contributed by atoms with van der Waals surface area (Å²) in [6, 6.07) is 8.23. The van der Waals surface area contributed by atoms with Crippen molar-refractivity contribution < 1.29 is 14.4 Å². The van der Waals surface area contributed by atoms with Gasteiger partial charge in [-0.15, -0.1) is 0 Å². The maximum absolute atomic E-state index is 13.1. The van der Waals surface area contributed by atoms with Crippen LogP contribution in [0, 0.1) is 0 Å². The first-order valence-electron chi connectivity index (χ1n) is 9.85. The number of carbonyl (C=O) groups is 3. The zero-order valence-corrected chi connectivity index (χ0v) is 15.3. The maximum atomic E-state index is 13.1. The van der Waals surface area contributed by atoms with Crippen molar-refractivity contribution >= 4 is 17.7 Å². The van der Waals surface area contributed by atoms with E-state index in [0.29, 0.717) is 12.8 Å². The molecule has 0 N–H and O–H groups in total. The Bertz CT molecular complexity index is 697. The predicted molar refractivity (Wildman–Crippen MR) is 97.5 cm³/mol. The second-order valence-corrected chi connectivity index (χ2v) is 7.83. The standard InChI is InChI=1S/C21H26N2O3/c1-2-3-14-4-6-15(7-5-14)21(26)22-16-8-9-17(22)13-18(12-16)23-19(24)10-11-20(23)25/h4-7,16-18H,2-3,8-13H2,1H3. The van der Waals surface area contributed by atoms with Gasteiger partial charge in [-0.3, -0.25) is 19.3 Å². The number of nitrogens with zero attached hydrogens (tertiary/aromatic N) is 2. The first-order chi connectivity index (χ1) is 12.6.